The van der Waals surface area contributed by atoms with Gasteiger partial charge in [-0.15, -0.1) is 0 Å². The molecule has 1 fully saturated rings. The van der Waals surface area contributed by atoms with Gasteiger partial charge in [0.25, 0.3) is 0 Å². The van der Waals surface area contributed by atoms with Crippen LogP contribution in [-0.2, 0) is 11.8 Å². The summed E-state index contributed by atoms with van der Waals surface area (Å²) in [7, 11) is 0. The summed E-state index contributed by atoms with van der Waals surface area (Å²) in [6.07, 6.45) is 1.15. The molecule has 0 aliphatic heterocycles. The maximum Gasteiger partial charge on any atom is 0.118 e. The first-order valence-corrected chi connectivity index (χ1v) is 7.87. The molecule has 2 aliphatic rings. The van der Waals surface area contributed by atoms with Gasteiger partial charge in [0.05, 0.1) is 12.2 Å². The molecule has 0 radical (unpaired) electrons. The van der Waals surface area contributed by atoms with Gasteiger partial charge in [-0.25, -0.2) is 0 Å². The van der Waals surface area contributed by atoms with Gasteiger partial charge in [0.15, 0.2) is 0 Å². The summed E-state index contributed by atoms with van der Waals surface area (Å²) in [5.41, 5.74) is 2.82. The minimum absolute atomic E-state index is 0.194. The van der Waals surface area contributed by atoms with Crippen molar-refractivity contribution in [1.29, 1.82) is 0 Å². The molecule has 0 aromatic heterocycles. The van der Waals surface area contributed by atoms with Crippen LogP contribution in [0.1, 0.15) is 50.3 Å². The standard InChI is InChI=1S/C18H26O3/c1-10-7-11-5-6-15-17(2,3)16(21)14(20)9-18(15,4)12(11)8-13(10)19/h7-8,14-16,19-21H,5-6,9H2,1-4H3/t14-,15-,16-,18+/m1/s1. The number of aromatic hydroxyl groups is 1. The predicted octanol–water partition coefficient (Wildman–Crippen LogP) is 2.67. The summed E-state index contributed by atoms with van der Waals surface area (Å²) in [6.45, 7) is 8.22. The van der Waals surface area contributed by atoms with Crippen molar-refractivity contribution in [3.8, 4) is 5.75 Å². The minimum Gasteiger partial charge on any atom is -0.508 e. The summed E-state index contributed by atoms with van der Waals surface area (Å²) in [5.74, 6) is 0.632. The van der Waals surface area contributed by atoms with Crippen molar-refractivity contribution in [2.45, 2.75) is 64.6 Å². The average molecular weight is 290 g/mol. The first-order valence-electron chi connectivity index (χ1n) is 7.87. The highest BCUT2D eigenvalue weighted by molar-refractivity contribution is 5.47. The molecule has 4 atom stereocenters. The van der Waals surface area contributed by atoms with Crippen molar-refractivity contribution in [1.82, 2.24) is 0 Å². The Morgan fingerprint density at radius 1 is 1.14 bits per heavy atom. The summed E-state index contributed by atoms with van der Waals surface area (Å²) in [6, 6.07) is 3.97. The molecule has 0 amide bonds. The quantitative estimate of drug-likeness (QED) is 0.688. The highest BCUT2D eigenvalue weighted by Gasteiger charge is 2.56. The topological polar surface area (TPSA) is 60.7 Å². The maximum atomic E-state index is 10.4. The van der Waals surface area contributed by atoms with Crippen molar-refractivity contribution in [2.24, 2.45) is 11.3 Å². The van der Waals surface area contributed by atoms with E-state index in [0.717, 1.165) is 24.0 Å². The molecule has 3 N–H and O–H groups in total. The predicted molar refractivity (Wildman–Crippen MR) is 82.4 cm³/mol. The second kappa shape index (κ2) is 4.47. The summed E-state index contributed by atoms with van der Waals surface area (Å²) in [4.78, 5) is 0. The van der Waals surface area contributed by atoms with Crippen LogP contribution in [0.5, 0.6) is 5.75 Å². The number of phenolic OH excluding ortho intramolecular Hbond substituents is 1. The Morgan fingerprint density at radius 3 is 2.48 bits per heavy atom. The molecule has 0 heterocycles. The SMILES string of the molecule is Cc1cc2c(cc1O)[C@]1(C)C[C@@H](O)[C@@H](O)C(C)(C)[C@H]1CC2. The molecule has 0 saturated heterocycles. The van der Waals surface area contributed by atoms with Gasteiger partial charge >= 0.3 is 0 Å². The van der Waals surface area contributed by atoms with Gasteiger partial charge < -0.3 is 15.3 Å². The molecule has 1 aromatic carbocycles. The van der Waals surface area contributed by atoms with E-state index in [-0.39, 0.29) is 10.8 Å². The number of aliphatic hydroxyl groups is 2. The molecule has 0 unspecified atom stereocenters. The van der Waals surface area contributed by atoms with Crippen LogP contribution in [0.3, 0.4) is 0 Å². The van der Waals surface area contributed by atoms with Crippen LogP contribution in [0.2, 0.25) is 0 Å². The number of aliphatic hydroxyl groups excluding tert-OH is 2. The third-order valence-corrected chi connectivity index (χ3v) is 6.17. The Bertz CT molecular complexity index is 578. The van der Waals surface area contributed by atoms with E-state index >= 15 is 0 Å². The number of aryl methyl sites for hydroxylation is 2. The number of fused-ring (bicyclic) bond motifs is 3. The summed E-state index contributed by atoms with van der Waals surface area (Å²) >= 11 is 0. The molecule has 2 aliphatic carbocycles. The van der Waals surface area contributed by atoms with E-state index in [1.165, 1.54) is 5.56 Å². The van der Waals surface area contributed by atoms with Crippen LogP contribution in [0, 0.1) is 18.3 Å². The monoisotopic (exact) mass is 290 g/mol. The molecule has 116 valence electrons. The van der Waals surface area contributed by atoms with Crippen LogP contribution < -0.4 is 0 Å². The van der Waals surface area contributed by atoms with Gasteiger partial charge in [-0.3, -0.25) is 0 Å². The first kappa shape index (κ1) is 14.9. The van der Waals surface area contributed by atoms with Crippen LogP contribution in [-0.4, -0.2) is 27.5 Å². The van der Waals surface area contributed by atoms with Gasteiger partial charge in [-0.2, -0.15) is 0 Å². The van der Waals surface area contributed by atoms with E-state index in [1.54, 1.807) is 0 Å². The smallest absolute Gasteiger partial charge is 0.118 e. The van der Waals surface area contributed by atoms with Crippen molar-refractivity contribution in [2.75, 3.05) is 0 Å². The number of rotatable bonds is 0. The number of hydrogen-bond donors (Lipinski definition) is 3. The lowest BCUT2D eigenvalue weighted by Gasteiger charge is -2.57. The molecule has 1 saturated carbocycles. The molecule has 1 aromatic rings. The number of benzene rings is 1. The summed E-state index contributed by atoms with van der Waals surface area (Å²) in [5, 5.41) is 30.9. The fourth-order valence-electron chi connectivity index (χ4n) is 4.99. The normalized spacial score (nSPS) is 37.7. The van der Waals surface area contributed by atoms with Gasteiger partial charge in [-0.05, 0) is 65.7 Å². The van der Waals surface area contributed by atoms with Crippen molar-refractivity contribution in [3.63, 3.8) is 0 Å². The molecule has 3 nitrogen and oxygen atoms in total. The minimum atomic E-state index is -0.712. The fourth-order valence-corrected chi connectivity index (χ4v) is 4.99. The zero-order chi connectivity index (χ0) is 15.6. The third-order valence-electron chi connectivity index (χ3n) is 6.17. The number of hydrogen-bond acceptors (Lipinski definition) is 3. The fraction of sp³-hybridized carbons (Fsp3) is 0.667. The Balaban J connectivity index is 2.16. The van der Waals surface area contributed by atoms with Crippen molar-refractivity contribution < 1.29 is 15.3 Å². The second-order valence-corrected chi connectivity index (χ2v) is 7.84. The third kappa shape index (κ3) is 1.94. The van der Waals surface area contributed by atoms with Gasteiger partial charge in [-0.1, -0.05) is 26.8 Å². The zero-order valence-electron chi connectivity index (χ0n) is 13.3. The Morgan fingerprint density at radius 2 is 1.81 bits per heavy atom. The Labute approximate surface area is 126 Å². The Hall–Kier alpha value is -1.06. The van der Waals surface area contributed by atoms with Crippen LogP contribution in [0.25, 0.3) is 0 Å². The number of phenols is 1. The lowest BCUT2D eigenvalue weighted by atomic mass is 9.49. The van der Waals surface area contributed by atoms with Crippen molar-refractivity contribution in [3.05, 3.63) is 28.8 Å². The lowest BCUT2D eigenvalue weighted by molar-refractivity contribution is -0.142. The van der Waals surface area contributed by atoms with E-state index in [0.29, 0.717) is 18.1 Å². The highest BCUT2D eigenvalue weighted by atomic mass is 16.3. The van der Waals surface area contributed by atoms with Crippen LogP contribution in [0.4, 0.5) is 0 Å². The van der Waals surface area contributed by atoms with E-state index in [4.69, 9.17) is 0 Å². The van der Waals surface area contributed by atoms with E-state index in [9.17, 15) is 15.3 Å². The average Bonchev–Trinajstić information content (AvgIpc) is 2.38. The maximum absolute atomic E-state index is 10.4. The second-order valence-electron chi connectivity index (χ2n) is 7.84. The Kier molecular flexibility index (Phi) is 3.16. The van der Waals surface area contributed by atoms with E-state index in [2.05, 4.69) is 26.8 Å². The van der Waals surface area contributed by atoms with Crippen molar-refractivity contribution >= 4 is 0 Å². The molecular weight excluding hydrogens is 264 g/mol. The van der Waals surface area contributed by atoms with Gasteiger partial charge in [0, 0.05) is 0 Å². The molecular formula is C18H26O3. The molecule has 3 rings (SSSR count). The van der Waals surface area contributed by atoms with Crippen LogP contribution >= 0.6 is 0 Å². The largest absolute Gasteiger partial charge is 0.508 e. The zero-order valence-corrected chi connectivity index (χ0v) is 13.3. The van der Waals surface area contributed by atoms with E-state index < -0.39 is 12.2 Å². The van der Waals surface area contributed by atoms with Gasteiger partial charge in [0.1, 0.15) is 5.75 Å². The highest BCUT2D eigenvalue weighted by Crippen LogP contribution is 2.57. The van der Waals surface area contributed by atoms with Crippen LogP contribution in [0.15, 0.2) is 12.1 Å². The first-order chi connectivity index (χ1) is 9.68. The summed E-state index contributed by atoms with van der Waals surface area (Å²) < 4.78 is 0. The van der Waals surface area contributed by atoms with Gasteiger partial charge in [0.2, 0.25) is 0 Å². The molecule has 0 spiro atoms. The molecule has 0 bridgehead atoms. The molecule has 3 heteroatoms. The van der Waals surface area contributed by atoms with E-state index in [1.807, 2.05) is 13.0 Å². The lowest BCUT2D eigenvalue weighted by Crippen LogP contribution is -2.59. The molecule has 21 heavy (non-hydrogen) atoms.